The number of pyridine rings is 1. The SMILES string of the molecule is COC(=O)C1(Nc2c([N+](=O)[O-])cnc3c2ccn3S(=O)(=O)c2ccccc2)CCN(C(=O)OC(C)(C)C)C1. The minimum Gasteiger partial charge on any atom is -0.467 e. The van der Waals surface area contributed by atoms with E-state index in [9.17, 15) is 28.1 Å². The van der Waals surface area contributed by atoms with Gasteiger partial charge in [0.15, 0.2) is 11.2 Å². The van der Waals surface area contributed by atoms with Crippen molar-refractivity contribution in [3.8, 4) is 0 Å². The van der Waals surface area contributed by atoms with Gasteiger partial charge in [-0.05, 0) is 39.0 Å². The lowest BCUT2D eigenvalue weighted by Gasteiger charge is -2.29. The third kappa shape index (κ3) is 4.86. The summed E-state index contributed by atoms with van der Waals surface area (Å²) in [6.45, 7) is 5.04. The van der Waals surface area contributed by atoms with Gasteiger partial charge in [-0.1, -0.05) is 18.2 Å². The van der Waals surface area contributed by atoms with Crippen LogP contribution in [0.25, 0.3) is 11.0 Å². The van der Waals surface area contributed by atoms with Crippen molar-refractivity contribution in [2.24, 2.45) is 0 Å². The zero-order valence-corrected chi connectivity index (χ0v) is 22.0. The van der Waals surface area contributed by atoms with E-state index in [0.717, 1.165) is 10.2 Å². The molecule has 1 aliphatic heterocycles. The van der Waals surface area contributed by atoms with Crippen molar-refractivity contribution in [3.63, 3.8) is 0 Å². The quantitative estimate of drug-likeness (QED) is 0.276. The van der Waals surface area contributed by atoms with Crippen molar-refractivity contribution in [2.45, 2.75) is 43.2 Å². The number of likely N-dealkylation sites (tertiary alicyclic amines) is 1. The number of aromatic nitrogens is 2. The largest absolute Gasteiger partial charge is 0.467 e. The lowest BCUT2D eigenvalue weighted by Crippen LogP contribution is -2.50. The van der Waals surface area contributed by atoms with Crippen molar-refractivity contribution in [2.75, 3.05) is 25.5 Å². The van der Waals surface area contributed by atoms with Crippen molar-refractivity contribution in [1.82, 2.24) is 13.9 Å². The molecule has 1 aliphatic rings. The number of nitrogens with one attached hydrogen (secondary N) is 1. The molecule has 1 amide bonds. The summed E-state index contributed by atoms with van der Waals surface area (Å²) in [7, 11) is -2.91. The first-order valence-corrected chi connectivity index (χ1v) is 13.0. The van der Waals surface area contributed by atoms with Gasteiger partial charge in [0.2, 0.25) is 0 Å². The maximum atomic E-state index is 13.3. The monoisotopic (exact) mass is 545 g/mol. The maximum Gasteiger partial charge on any atom is 0.410 e. The predicted molar refractivity (Wildman–Crippen MR) is 136 cm³/mol. The summed E-state index contributed by atoms with van der Waals surface area (Å²) in [6, 6.07) is 9.01. The summed E-state index contributed by atoms with van der Waals surface area (Å²) in [5.41, 5.74) is -3.02. The Labute approximate surface area is 218 Å². The summed E-state index contributed by atoms with van der Waals surface area (Å²) in [6.07, 6.45) is 1.57. The molecule has 38 heavy (non-hydrogen) atoms. The highest BCUT2D eigenvalue weighted by molar-refractivity contribution is 7.90. The van der Waals surface area contributed by atoms with Gasteiger partial charge in [-0.15, -0.1) is 0 Å². The summed E-state index contributed by atoms with van der Waals surface area (Å²) in [5.74, 6) is -0.751. The van der Waals surface area contributed by atoms with Gasteiger partial charge in [0, 0.05) is 19.2 Å². The number of rotatable bonds is 6. The molecule has 0 spiro atoms. The Kier molecular flexibility index (Phi) is 6.78. The number of ether oxygens (including phenoxy) is 2. The molecule has 3 aromatic rings. The van der Waals surface area contributed by atoms with E-state index in [4.69, 9.17) is 9.47 Å². The standard InChI is InChI=1S/C24H27N5O8S/c1-23(2,3)37-22(31)27-13-11-24(15-27,21(30)36-4)26-19-17-10-12-28(20(17)25-14-18(19)29(32)33)38(34,35)16-8-6-5-7-9-16/h5-10,12,14H,11,13,15H2,1-4H3,(H,25,26). The molecule has 0 bridgehead atoms. The molecular formula is C24H27N5O8S. The van der Waals surface area contributed by atoms with Gasteiger partial charge < -0.3 is 19.7 Å². The van der Waals surface area contributed by atoms with E-state index in [-0.39, 0.29) is 41.1 Å². The first kappa shape index (κ1) is 26.9. The number of carbonyl (C=O) groups is 2. The van der Waals surface area contributed by atoms with E-state index in [1.165, 1.54) is 36.4 Å². The van der Waals surface area contributed by atoms with E-state index < -0.39 is 43.8 Å². The Bertz CT molecular complexity index is 1510. The number of fused-ring (bicyclic) bond motifs is 1. The second kappa shape index (κ2) is 9.59. The number of esters is 1. The normalized spacial score (nSPS) is 17.8. The molecule has 202 valence electrons. The predicted octanol–water partition coefficient (Wildman–Crippen LogP) is 3.15. The molecule has 1 saturated heterocycles. The summed E-state index contributed by atoms with van der Waals surface area (Å²) >= 11 is 0. The molecule has 0 radical (unpaired) electrons. The Morgan fingerprint density at radius 1 is 1.18 bits per heavy atom. The zero-order chi connectivity index (χ0) is 27.9. The van der Waals surface area contributed by atoms with Crippen LogP contribution in [0.5, 0.6) is 0 Å². The topological polar surface area (TPSA) is 163 Å². The molecule has 13 nitrogen and oxygen atoms in total. The van der Waals surface area contributed by atoms with E-state index in [1.807, 2.05) is 0 Å². The molecule has 0 saturated carbocycles. The summed E-state index contributed by atoms with van der Waals surface area (Å²) < 4.78 is 37.9. The highest BCUT2D eigenvalue weighted by atomic mass is 32.2. The number of benzene rings is 1. The average molecular weight is 546 g/mol. The number of nitrogens with zero attached hydrogens (tertiary/aromatic N) is 4. The third-order valence-electron chi connectivity index (χ3n) is 6.02. The molecule has 0 aliphatic carbocycles. The number of carbonyl (C=O) groups excluding carboxylic acids is 2. The van der Waals surface area contributed by atoms with Crippen LogP contribution in [-0.2, 0) is 24.3 Å². The van der Waals surface area contributed by atoms with Crippen LogP contribution in [-0.4, -0.2) is 70.6 Å². The van der Waals surface area contributed by atoms with E-state index in [1.54, 1.807) is 39.0 Å². The molecule has 14 heteroatoms. The van der Waals surface area contributed by atoms with Gasteiger partial charge in [0.25, 0.3) is 10.0 Å². The molecule has 3 heterocycles. The fourth-order valence-corrected chi connectivity index (χ4v) is 5.59. The van der Waals surface area contributed by atoms with Crippen LogP contribution in [0.4, 0.5) is 16.2 Å². The van der Waals surface area contributed by atoms with Gasteiger partial charge in [0.1, 0.15) is 17.5 Å². The van der Waals surface area contributed by atoms with Crippen LogP contribution in [0.2, 0.25) is 0 Å². The Morgan fingerprint density at radius 2 is 1.87 bits per heavy atom. The lowest BCUT2D eigenvalue weighted by atomic mass is 9.97. The summed E-state index contributed by atoms with van der Waals surface area (Å²) in [4.78, 5) is 42.3. The fraction of sp³-hybridized carbons (Fsp3) is 0.375. The maximum absolute atomic E-state index is 13.3. The highest BCUT2D eigenvalue weighted by Gasteiger charge is 2.49. The van der Waals surface area contributed by atoms with Crippen molar-refractivity contribution >= 4 is 44.5 Å². The molecule has 1 unspecified atom stereocenters. The average Bonchev–Trinajstić information content (AvgIpc) is 3.49. The molecule has 1 fully saturated rings. The highest BCUT2D eigenvalue weighted by Crippen LogP contribution is 2.38. The lowest BCUT2D eigenvalue weighted by molar-refractivity contribution is -0.384. The zero-order valence-electron chi connectivity index (χ0n) is 21.2. The van der Waals surface area contributed by atoms with Crippen LogP contribution in [0.1, 0.15) is 27.2 Å². The Hall–Kier alpha value is -4.20. The number of amides is 1. The third-order valence-corrected chi connectivity index (χ3v) is 7.70. The molecule has 1 aromatic carbocycles. The first-order valence-electron chi connectivity index (χ1n) is 11.6. The van der Waals surface area contributed by atoms with Crippen LogP contribution in [0.15, 0.2) is 53.7 Å². The molecule has 4 rings (SSSR count). The van der Waals surface area contributed by atoms with Crippen LogP contribution in [0, 0.1) is 10.1 Å². The van der Waals surface area contributed by atoms with Gasteiger partial charge in [0.05, 0.1) is 28.9 Å². The van der Waals surface area contributed by atoms with Gasteiger partial charge >= 0.3 is 17.7 Å². The van der Waals surface area contributed by atoms with Crippen molar-refractivity contribution < 1.29 is 32.4 Å². The minimum atomic E-state index is -4.08. The Morgan fingerprint density at radius 3 is 2.47 bits per heavy atom. The van der Waals surface area contributed by atoms with Crippen molar-refractivity contribution in [1.29, 1.82) is 0 Å². The first-order chi connectivity index (χ1) is 17.8. The minimum absolute atomic E-state index is 0.00184. The molecule has 1 atom stereocenters. The van der Waals surface area contributed by atoms with E-state index >= 15 is 0 Å². The van der Waals surface area contributed by atoms with Gasteiger partial charge in [-0.3, -0.25) is 10.1 Å². The van der Waals surface area contributed by atoms with E-state index in [0.29, 0.717) is 0 Å². The van der Waals surface area contributed by atoms with Crippen LogP contribution in [0.3, 0.4) is 0 Å². The smallest absolute Gasteiger partial charge is 0.410 e. The number of anilines is 1. The number of hydrogen-bond donors (Lipinski definition) is 1. The van der Waals surface area contributed by atoms with Crippen LogP contribution < -0.4 is 5.32 Å². The van der Waals surface area contributed by atoms with Crippen LogP contribution >= 0.6 is 0 Å². The van der Waals surface area contributed by atoms with Crippen molar-refractivity contribution in [3.05, 3.63) is 58.9 Å². The van der Waals surface area contributed by atoms with Gasteiger partial charge in [-0.2, -0.15) is 0 Å². The summed E-state index contributed by atoms with van der Waals surface area (Å²) in [5, 5.41) is 15.0. The number of nitro groups is 1. The molecule has 1 N–H and O–H groups in total. The molecular weight excluding hydrogens is 518 g/mol. The Balaban J connectivity index is 1.81. The second-order valence-electron chi connectivity index (χ2n) is 9.79. The fourth-order valence-electron chi connectivity index (χ4n) is 4.27. The number of hydrogen-bond acceptors (Lipinski definition) is 10. The van der Waals surface area contributed by atoms with Gasteiger partial charge in [-0.25, -0.2) is 27.0 Å². The second-order valence-corrected chi connectivity index (χ2v) is 11.6. The molecule has 2 aromatic heterocycles. The number of methoxy groups -OCH3 is 1. The van der Waals surface area contributed by atoms with E-state index in [2.05, 4.69) is 10.3 Å².